The molecule has 1 aromatic rings. The Morgan fingerprint density at radius 3 is 2.57 bits per heavy atom. The molecule has 5 nitrogen and oxygen atoms in total. The number of fused-ring (bicyclic) bond motifs is 2. The molecule has 0 spiro atoms. The van der Waals surface area contributed by atoms with E-state index in [2.05, 4.69) is 5.32 Å². The van der Waals surface area contributed by atoms with Crippen molar-refractivity contribution in [3.05, 3.63) is 22.4 Å². The molecule has 1 N–H and O–H groups in total. The number of carbonyl (C=O) groups excluding carboxylic acids is 1. The Bertz CT molecular complexity index is 598. The Morgan fingerprint density at radius 2 is 2.05 bits per heavy atom. The van der Waals surface area contributed by atoms with Gasteiger partial charge in [-0.15, -0.1) is 11.3 Å². The normalized spacial score (nSPS) is 29.5. The van der Waals surface area contributed by atoms with Crippen molar-refractivity contribution in [2.45, 2.75) is 50.2 Å². The lowest BCUT2D eigenvalue weighted by Crippen LogP contribution is -2.52. The largest absolute Gasteiger partial charge is 0.353 e. The van der Waals surface area contributed by atoms with E-state index in [9.17, 15) is 13.2 Å². The predicted molar refractivity (Wildman–Crippen MR) is 82.7 cm³/mol. The number of amides is 1. The van der Waals surface area contributed by atoms with E-state index >= 15 is 0 Å². The highest BCUT2D eigenvalue weighted by Gasteiger charge is 2.45. The number of rotatable bonds is 4. The van der Waals surface area contributed by atoms with Crippen LogP contribution in [0.2, 0.25) is 0 Å². The monoisotopic (exact) mass is 328 g/mol. The molecule has 2 bridgehead atoms. The molecule has 3 rings (SSSR count). The molecule has 2 saturated heterocycles. The van der Waals surface area contributed by atoms with Crippen LogP contribution < -0.4 is 5.32 Å². The topological polar surface area (TPSA) is 66.5 Å². The van der Waals surface area contributed by atoms with Gasteiger partial charge in [0.25, 0.3) is 0 Å². The molecule has 21 heavy (non-hydrogen) atoms. The van der Waals surface area contributed by atoms with Crippen LogP contribution >= 0.6 is 11.3 Å². The molecule has 0 radical (unpaired) electrons. The second-order valence-corrected chi connectivity index (χ2v) is 8.89. The first-order valence-corrected chi connectivity index (χ1v) is 9.96. The molecule has 2 atom stereocenters. The quantitative estimate of drug-likeness (QED) is 0.907. The summed E-state index contributed by atoms with van der Waals surface area (Å²) in [5, 5.41) is 5.04. The van der Waals surface area contributed by atoms with Crippen LogP contribution in [-0.2, 0) is 21.2 Å². The van der Waals surface area contributed by atoms with E-state index in [4.69, 9.17) is 0 Å². The standard InChI is InChI=1S/C14H20N2O3S2/c1-21(18,19)16-11-4-5-12(16)8-10(7-11)15-14(17)9-13-3-2-6-20-13/h2-3,6,10-12H,4-5,7-9H2,1H3,(H,15,17)/t11-,12-/m0/s1. The summed E-state index contributed by atoms with van der Waals surface area (Å²) in [4.78, 5) is 13.1. The van der Waals surface area contributed by atoms with E-state index in [0.717, 1.165) is 30.6 Å². The lowest BCUT2D eigenvalue weighted by Gasteiger charge is -2.37. The second-order valence-electron chi connectivity index (χ2n) is 5.97. The SMILES string of the molecule is CS(=O)(=O)N1[C@H]2CC[C@H]1CC(NC(=O)Cc1cccs1)C2. The van der Waals surface area contributed by atoms with Crippen molar-refractivity contribution < 1.29 is 13.2 Å². The zero-order valence-electron chi connectivity index (χ0n) is 12.0. The molecule has 2 aliphatic heterocycles. The van der Waals surface area contributed by atoms with Crippen LogP contribution in [0.15, 0.2) is 17.5 Å². The summed E-state index contributed by atoms with van der Waals surface area (Å²) < 4.78 is 25.3. The number of nitrogens with one attached hydrogen (secondary N) is 1. The minimum atomic E-state index is -3.13. The van der Waals surface area contributed by atoms with Gasteiger partial charge in [0, 0.05) is 23.0 Å². The molecule has 1 amide bonds. The maximum Gasteiger partial charge on any atom is 0.225 e. The van der Waals surface area contributed by atoms with E-state index in [1.54, 1.807) is 15.6 Å². The fraction of sp³-hybridized carbons (Fsp3) is 0.643. The molecule has 0 aromatic carbocycles. The molecular weight excluding hydrogens is 308 g/mol. The molecule has 2 fully saturated rings. The molecule has 0 saturated carbocycles. The van der Waals surface area contributed by atoms with Crippen molar-refractivity contribution in [1.82, 2.24) is 9.62 Å². The van der Waals surface area contributed by atoms with Crippen molar-refractivity contribution in [3.8, 4) is 0 Å². The summed E-state index contributed by atoms with van der Waals surface area (Å²) >= 11 is 1.58. The Labute approximate surface area is 129 Å². The third kappa shape index (κ3) is 3.30. The summed E-state index contributed by atoms with van der Waals surface area (Å²) in [6.45, 7) is 0. The zero-order chi connectivity index (χ0) is 15.0. The molecule has 1 aromatic heterocycles. The molecule has 7 heteroatoms. The summed E-state index contributed by atoms with van der Waals surface area (Å²) in [5.41, 5.74) is 0. The van der Waals surface area contributed by atoms with Gasteiger partial charge in [0.1, 0.15) is 0 Å². The molecule has 116 valence electrons. The highest BCUT2D eigenvalue weighted by Crippen LogP contribution is 2.37. The first-order chi connectivity index (χ1) is 9.93. The molecule has 0 unspecified atom stereocenters. The van der Waals surface area contributed by atoms with Crippen LogP contribution in [0.4, 0.5) is 0 Å². The van der Waals surface area contributed by atoms with Gasteiger partial charge in [-0.25, -0.2) is 8.42 Å². The Morgan fingerprint density at radius 1 is 1.38 bits per heavy atom. The fourth-order valence-corrected chi connectivity index (χ4v) is 5.81. The van der Waals surface area contributed by atoms with Crippen LogP contribution in [0.1, 0.15) is 30.6 Å². The lowest BCUT2D eigenvalue weighted by molar-refractivity contribution is -0.121. The number of carbonyl (C=O) groups is 1. The summed E-state index contributed by atoms with van der Waals surface area (Å²) in [6, 6.07) is 4.13. The van der Waals surface area contributed by atoms with Gasteiger partial charge in [0.2, 0.25) is 15.9 Å². The Kier molecular flexibility index (Phi) is 4.07. The second kappa shape index (κ2) is 5.70. The highest BCUT2D eigenvalue weighted by molar-refractivity contribution is 7.88. The molecule has 3 heterocycles. The zero-order valence-corrected chi connectivity index (χ0v) is 13.6. The van der Waals surface area contributed by atoms with Gasteiger partial charge in [-0.05, 0) is 37.1 Å². The van der Waals surface area contributed by atoms with Crippen molar-refractivity contribution in [1.29, 1.82) is 0 Å². The third-order valence-corrected chi connectivity index (χ3v) is 6.57. The smallest absolute Gasteiger partial charge is 0.225 e. The molecule has 2 aliphatic rings. The van der Waals surface area contributed by atoms with Crippen LogP contribution in [0.25, 0.3) is 0 Å². The first kappa shape index (κ1) is 15.0. The molecule has 0 aliphatic carbocycles. The fourth-order valence-electron chi connectivity index (χ4n) is 3.64. The van der Waals surface area contributed by atoms with E-state index in [0.29, 0.717) is 6.42 Å². The van der Waals surface area contributed by atoms with E-state index in [1.165, 1.54) is 6.26 Å². The van der Waals surface area contributed by atoms with Gasteiger partial charge in [-0.2, -0.15) is 4.31 Å². The van der Waals surface area contributed by atoms with Crippen molar-refractivity contribution in [2.75, 3.05) is 6.26 Å². The minimum absolute atomic E-state index is 0.0367. The lowest BCUT2D eigenvalue weighted by atomic mass is 9.99. The van der Waals surface area contributed by atoms with E-state index < -0.39 is 10.0 Å². The Balaban J connectivity index is 1.59. The maximum absolute atomic E-state index is 12.1. The Hall–Kier alpha value is -0.920. The number of sulfonamides is 1. The summed E-state index contributed by atoms with van der Waals surface area (Å²) in [7, 11) is -3.13. The van der Waals surface area contributed by atoms with E-state index in [1.807, 2.05) is 17.5 Å². The average Bonchev–Trinajstić information content (AvgIpc) is 2.95. The van der Waals surface area contributed by atoms with Crippen LogP contribution in [0.3, 0.4) is 0 Å². The van der Waals surface area contributed by atoms with Crippen molar-refractivity contribution >= 4 is 27.3 Å². The van der Waals surface area contributed by atoms with Crippen LogP contribution in [0.5, 0.6) is 0 Å². The van der Waals surface area contributed by atoms with Gasteiger partial charge in [0.15, 0.2) is 0 Å². The van der Waals surface area contributed by atoms with Gasteiger partial charge < -0.3 is 5.32 Å². The van der Waals surface area contributed by atoms with Crippen molar-refractivity contribution in [2.24, 2.45) is 0 Å². The number of thiophene rings is 1. The highest BCUT2D eigenvalue weighted by atomic mass is 32.2. The van der Waals surface area contributed by atoms with Gasteiger partial charge >= 0.3 is 0 Å². The maximum atomic E-state index is 12.1. The van der Waals surface area contributed by atoms with Gasteiger partial charge in [-0.3, -0.25) is 4.79 Å². The number of nitrogens with zero attached hydrogens (tertiary/aromatic N) is 1. The number of hydrogen-bond donors (Lipinski definition) is 1. The number of hydrogen-bond acceptors (Lipinski definition) is 4. The summed E-state index contributed by atoms with van der Waals surface area (Å²) in [6.07, 6.45) is 5.00. The van der Waals surface area contributed by atoms with Gasteiger partial charge in [-0.1, -0.05) is 6.07 Å². The number of piperidine rings is 1. The van der Waals surface area contributed by atoms with Crippen molar-refractivity contribution in [3.63, 3.8) is 0 Å². The van der Waals surface area contributed by atoms with E-state index in [-0.39, 0.29) is 24.0 Å². The molecular formula is C14H20N2O3S2. The minimum Gasteiger partial charge on any atom is -0.353 e. The average molecular weight is 328 g/mol. The first-order valence-electron chi connectivity index (χ1n) is 7.24. The third-order valence-electron chi connectivity index (χ3n) is 4.33. The van der Waals surface area contributed by atoms with Crippen LogP contribution in [0, 0.1) is 0 Å². The van der Waals surface area contributed by atoms with Gasteiger partial charge in [0.05, 0.1) is 12.7 Å². The summed E-state index contributed by atoms with van der Waals surface area (Å²) in [5.74, 6) is 0.0367. The van der Waals surface area contributed by atoms with Crippen LogP contribution in [-0.4, -0.2) is 43.0 Å². The predicted octanol–water partition coefficient (Wildman–Crippen LogP) is 1.36.